The van der Waals surface area contributed by atoms with Gasteiger partial charge in [-0.3, -0.25) is 4.79 Å². The van der Waals surface area contributed by atoms with E-state index >= 15 is 0 Å². The van der Waals surface area contributed by atoms with Crippen LogP contribution in [0.2, 0.25) is 5.02 Å². The Kier molecular flexibility index (Phi) is 2.21. The van der Waals surface area contributed by atoms with Crippen molar-refractivity contribution in [1.82, 2.24) is 0 Å². The van der Waals surface area contributed by atoms with E-state index in [1.807, 2.05) is 0 Å². The molecule has 5 heteroatoms. The molecule has 0 amide bonds. The van der Waals surface area contributed by atoms with Crippen molar-refractivity contribution in [2.45, 2.75) is 6.42 Å². The van der Waals surface area contributed by atoms with Gasteiger partial charge in [0.25, 0.3) is 0 Å². The van der Waals surface area contributed by atoms with Crippen molar-refractivity contribution in [3.8, 4) is 11.5 Å². The predicted molar refractivity (Wildman–Crippen MR) is 48.9 cm³/mol. The molecule has 1 heterocycles. The first-order valence-corrected chi connectivity index (χ1v) is 4.34. The highest BCUT2D eigenvalue weighted by Gasteiger charge is 2.18. The molecule has 0 bridgehead atoms. The number of ether oxygens (including phenoxy) is 2. The number of fused-ring (bicyclic) bond motifs is 1. The van der Waals surface area contributed by atoms with Gasteiger partial charge in [0, 0.05) is 0 Å². The number of hydrogen-bond acceptors (Lipinski definition) is 3. The number of halogens is 1. The molecule has 1 aromatic carbocycles. The first-order chi connectivity index (χ1) is 6.66. The standard InChI is InChI=1S/C9H7ClO4/c10-6-1-5(3-8(11)12)2-7-9(6)14-4-13-7/h1-2H,3-4H2,(H,11,12). The first kappa shape index (κ1) is 9.15. The highest BCUT2D eigenvalue weighted by Crippen LogP contribution is 2.39. The molecule has 0 saturated heterocycles. The summed E-state index contributed by atoms with van der Waals surface area (Å²) in [5, 5.41) is 8.98. The second-order valence-electron chi connectivity index (χ2n) is 2.88. The highest BCUT2D eigenvalue weighted by atomic mass is 35.5. The molecule has 0 fully saturated rings. The van der Waals surface area contributed by atoms with Crippen molar-refractivity contribution in [2.24, 2.45) is 0 Å². The van der Waals surface area contributed by atoms with Crippen LogP contribution in [0.4, 0.5) is 0 Å². The van der Waals surface area contributed by atoms with Gasteiger partial charge in [0.05, 0.1) is 11.4 Å². The Morgan fingerprint density at radius 2 is 2.29 bits per heavy atom. The summed E-state index contributed by atoms with van der Waals surface area (Å²) in [6.07, 6.45) is -0.0731. The average molecular weight is 215 g/mol. The third-order valence-corrected chi connectivity index (χ3v) is 2.12. The minimum absolute atomic E-state index is 0.0731. The van der Waals surface area contributed by atoms with Crippen LogP contribution in [0.25, 0.3) is 0 Å². The third kappa shape index (κ3) is 1.61. The van der Waals surface area contributed by atoms with Gasteiger partial charge in [0.2, 0.25) is 6.79 Å². The Hall–Kier alpha value is -1.42. The van der Waals surface area contributed by atoms with Crippen molar-refractivity contribution in [3.05, 3.63) is 22.7 Å². The monoisotopic (exact) mass is 214 g/mol. The second-order valence-corrected chi connectivity index (χ2v) is 3.29. The minimum atomic E-state index is -0.903. The summed E-state index contributed by atoms with van der Waals surface area (Å²) >= 11 is 5.86. The molecule has 0 spiro atoms. The average Bonchev–Trinajstić information content (AvgIpc) is 2.50. The molecule has 0 aromatic heterocycles. The van der Waals surface area contributed by atoms with Crippen molar-refractivity contribution >= 4 is 17.6 Å². The van der Waals surface area contributed by atoms with Crippen molar-refractivity contribution in [2.75, 3.05) is 6.79 Å². The Bertz CT molecular complexity index is 389. The van der Waals surface area contributed by atoms with Crippen molar-refractivity contribution < 1.29 is 19.4 Å². The SMILES string of the molecule is O=C(O)Cc1cc(Cl)c2c(c1)OCO2. The Morgan fingerprint density at radius 3 is 3.00 bits per heavy atom. The van der Waals surface area contributed by atoms with E-state index in [1.54, 1.807) is 12.1 Å². The Balaban J connectivity index is 2.36. The normalized spacial score (nSPS) is 12.9. The van der Waals surface area contributed by atoms with E-state index in [0.29, 0.717) is 22.1 Å². The zero-order chi connectivity index (χ0) is 10.1. The fraction of sp³-hybridized carbons (Fsp3) is 0.222. The maximum absolute atomic E-state index is 10.5. The van der Waals surface area contributed by atoms with Crippen LogP contribution in [-0.2, 0) is 11.2 Å². The summed E-state index contributed by atoms with van der Waals surface area (Å²) in [4.78, 5) is 10.5. The van der Waals surface area contributed by atoms with Gasteiger partial charge in [-0.2, -0.15) is 0 Å². The van der Waals surface area contributed by atoms with Crippen LogP contribution in [0.5, 0.6) is 11.5 Å². The quantitative estimate of drug-likeness (QED) is 0.814. The molecular formula is C9H7ClO4. The number of carbonyl (C=O) groups is 1. The van der Waals surface area contributed by atoms with Crippen molar-refractivity contribution in [3.63, 3.8) is 0 Å². The van der Waals surface area contributed by atoms with E-state index in [0.717, 1.165) is 0 Å². The van der Waals surface area contributed by atoms with Gasteiger partial charge in [-0.25, -0.2) is 0 Å². The fourth-order valence-corrected chi connectivity index (χ4v) is 1.59. The van der Waals surface area contributed by atoms with Crippen LogP contribution in [0.1, 0.15) is 5.56 Å². The van der Waals surface area contributed by atoms with E-state index < -0.39 is 5.97 Å². The lowest BCUT2D eigenvalue weighted by atomic mass is 10.1. The maximum atomic E-state index is 10.5. The molecule has 0 saturated carbocycles. The maximum Gasteiger partial charge on any atom is 0.307 e. The topological polar surface area (TPSA) is 55.8 Å². The van der Waals surface area contributed by atoms with E-state index in [4.69, 9.17) is 26.2 Å². The second kappa shape index (κ2) is 3.38. The number of carboxylic acids is 1. The zero-order valence-corrected chi connectivity index (χ0v) is 7.87. The van der Waals surface area contributed by atoms with Gasteiger partial charge in [0.1, 0.15) is 0 Å². The molecule has 1 aliphatic heterocycles. The van der Waals surface area contributed by atoms with Gasteiger partial charge in [0.15, 0.2) is 11.5 Å². The first-order valence-electron chi connectivity index (χ1n) is 3.96. The molecule has 1 aliphatic rings. The molecule has 4 nitrogen and oxygen atoms in total. The molecule has 14 heavy (non-hydrogen) atoms. The summed E-state index contributed by atoms with van der Waals surface area (Å²) < 4.78 is 10.2. The molecule has 0 radical (unpaired) electrons. The number of benzene rings is 1. The fourth-order valence-electron chi connectivity index (χ4n) is 1.30. The zero-order valence-electron chi connectivity index (χ0n) is 7.12. The van der Waals surface area contributed by atoms with Gasteiger partial charge in [-0.15, -0.1) is 0 Å². The molecule has 1 aromatic rings. The van der Waals surface area contributed by atoms with Gasteiger partial charge < -0.3 is 14.6 Å². The molecular weight excluding hydrogens is 208 g/mol. The van der Waals surface area contributed by atoms with Gasteiger partial charge in [-0.05, 0) is 17.7 Å². The number of rotatable bonds is 2. The highest BCUT2D eigenvalue weighted by molar-refractivity contribution is 6.32. The molecule has 0 atom stereocenters. The lowest BCUT2D eigenvalue weighted by molar-refractivity contribution is -0.136. The Morgan fingerprint density at radius 1 is 1.50 bits per heavy atom. The van der Waals surface area contributed by atoms with Crippen LogP contribution >= 0.6 is 11.6 Å². The van der Waals surface area contributed by atoms with E-state index in [1.165, 1.54) is 0 Å². The minimum Gasteiger partial charge on any atom is -0.481 e. The summed E-state index contributed by atoms with van der Waals surface area (Å²) in [6.45, 7) is 0.131. The lowest BCUT2D eigenvalue weighted by Gasteiger charge is -2.02. The smallest absolute Gasteiger partial charge is 0.307 e. The molecule has 0 aliphatic carbocycles. The third-order valence-electron chi connectivity index (χ3n) is 1.84. The van der Waals surface area contributed by atoms with Crippen LogP contribution < -0.4 is 9.47 Å². The van der Waals surface area contributed by atoms with E-state index in [-0.39, 0.29) is 13.2 Å². The van der Waals surface area contributed by atoms with Crippen LogP contribution in [0, 0.1) is 0 Å². The summed E-state index contributed by atoms with van der Waals surface area (Å²) in [5.41, 5.74) is 0.603. The van der Waals surface area contributed by atoms with Crippen LogP contribution in [0.15, 0.2) is 12.1 Å². The summed E-state index contributed by atoms with van der Waals surface area (Å²) in [5.74, 6) is 0.0921. The summed E-state index contributed by atoms with van der Waals surface area (Å²) in [7, 11) is 0. The lowest BCUT2D eigenvalue weighted by Crippen LogP contribution is -1.99. The van der Waals surface area contributed by atoms with Gasteiger partial charge >= 0.3 is 5.97 Å². The van der Waals surface area contributed by atoms with Crippen LogP contribution in [0.3, 0.4) is 0 Å². The van der Waals surface area contributed by atoms with E-state index in [9.17, 15) is 4.79 Å². The largest absolute Gasteiger partial charge is 0.481 e. The summed E-state index contributed by atoms with van der Waals surface area (Å²) in [6, 6.07) is 3.20. The Labute approximate surface area is 85.0 Å². The molecule has 0 unspecified atom stereocenters. The number of aliphatic carboxylic acids is 1. The van der Waals surface area contributed by atoms with E-state index in [2.05, 4.69) is 0 Å². The number of carboxylic acid groups (broad SMARTS) is 1. The van der Waals surface area contributed by atoms with Crippen molar-refractivity contribution in [1.29, 1.82) is 0 Å². The van der Waals surface area contributed by atoms with Crippen LogP contribution in [-0.4, -0.2) is 17.9 Å². The molecule has 74 valence electrons. The number of hydrogen-bond donors (Lipinski definition) is 1. The molecule has 2 rings (SSSR count). The molecule has 1 N–H and O–H groups in total. The van der Waals surface area contributed by atoms with Gasteiger partial charge in [-0.1, -0.05) is 11.6 Å². The predicted octanol–water partition coefficient (Wildman–Crippen LogP) is 1.70.